The fraction of sp³-hybridized carbons (Fsp3) is 0.462. The number of carboxylic acid groups (broad SMARTS) is 1. The molecule has 98 valence electrons. The molecule has 5 heteroatoms. The van der Waals surface area contributed by atoms with Crippen LogP contribution in [0.2, 0.25) is 5.02 Å². The molecule has 0 spiro atoms. The molecule has 1 aromatic carbocycles. The summed E-state index contributed by atoms with van der Waals surface area (Å²) in [6.07, 6.45) is 1.30. The zero-order chi connectivity index (χ0) is 13.3. The van der Waals surface area contributed by atoms with Crippen molar-refractivity contribution in [3.05, 3.63) is 28.8 Å². The second-order valence-corrected chi connectivity index (χ2v) is 5.05. The maximum Gasteiger partial charge on any atom is 0.306 e. The topological polar surface area (TPSA) is 66.8 Å². The average Bonchev–Trinajstić information content (AvgIpc) is 3.12. The van der Waals surface area contributed by atoms with Crippen LogP contribution < -0.4 is 4.74 Å². The highest BCUT2D eigenvalue weighted by atomic mass is 35.5. The Hall–Kier alpha value is -1.26. The summed E-state index contributed by atoms with van der Waals surface area (Å²) in [5, 5.41) is 20.1. The molecule has 0 bridgehead atoms. The number of aliphatic hydroxyl groups is 1. The number of hydrogen-bond acceptors (Lipinski definition) is 3. The van der Waals surface area contributed by atoms with E-state index in [1.807, 2.05) is 0 Å². The number of methoxy groups -OCH3 is 1. The van der Waals surface area contributed by atoms with E-state index in [9.17, 15) is 9.90 Å². The van der Waals surface area contributed by atoms with Crippen LogP contribution in [0.1, 0.15) is 24.8 Å². The third-order valence-electron chi connectivity index (χ3n) is 3.30. The van der Waals surface area contributed by atoms with Crippen molar-refractivity contribution >= 4 is 17.6 Å². The largest absolute Gasteiger partial charge is 0.496 e. The van der Waals surface area contributed by atoms with Gasteiger partial charge in [0.1, 0.15) is 11.4 Å². The van der Waals surface area contributed by atoms with E-state index in [4.69, 9.17) is 21.4 Å². The molecule has 0 aromatic heterocycles. The van der Waals surface area contributed by atoms with Crippen LogP contribution in [0, 0.1) is 5.92 Å². The molecule has 2 N–H and O–H groups in total. The number of carboxylic acids is 1. The number of aliphatic carboxylic acids is 1. The molecule has 0 heterocycles. The molecule has 18 heavy (non-hydrogen) atoms. The van der Waals surface area contributed by atoms with Gasteiger partial charge in [0.05, 0.1) is 13.5 Å². The Morgan fingerprint density at radius 1 is 1.56 bits per heavy atom. The standard InChI is InChI=1S/C13H15ClO4/c1-18-11-5-4-9(14)6-10(11)13(17,7-12(15)16)8-2-3-8/h4-6,8,17H,2-3,7H2,1H3,(H,15,16). The lowest BCUT2D eigenvalue weighted by Gasteiger charge is -2.28. The van der Waals surface area contributed by atoms with Gasteiger partial charge in [0, 0.05) is 10.6 Å². The smallest absolute Gasteiger partial charge is 0.306 e. The van der Waals surface area contributed by atoms with E-state index in [2.05, 4.69) is 0 Å². The SMILES string of the molecule is COc1ccc(Cl)cc1C(O)(CC(=O)O)C1CC1. The lowest BCUT2D eigenvalue weighted by atomic mass is 9.85. The molecule has 1 unspecified atom stereocenters. The molecule has 0 aliphatic heterocycles. The Morgan fingerprint density at radius 2 is 2.22 bits per heavy atom. The third-order valence-corrected chi connectivity index (χ3v) is 3.54. The van der Waals surface area contributed by atoms with Gasteiger partial charge in [-0.1, -0.05) is 11.6 Å². The summed E-state index contributed by atoms with van der Waals surface area (Å²) in [7, 11) is 1.49. The van der Waals surface area contributed by atoms with Gasteiger partial charge in [0.15, 0.2) is 0 Å². The van der Waals surface area contributed by atoms with E-state index in [0.717, 1.165) is 12.8 Å². The molecule has 1 aromatic rings. The molecule has 0 saturated heterocycles. The molecule has 1 aliphatic carbocycles. The van der Waals surface area contributed by atoms with Gasteiger partial charge in [0.2, 0.25) is 0 Å². The Morgan fingerprint density at radius 3 is 2.72 bits per heavy atom. The first-order valence-corrected chi connectivity index (χ1v) is 6.13. The Kier molecular flexibility index (Phi) is 3.50. The number of ether oxygens (including phenoxy) is 1. The normalized spacial score (nSPS) is 18.2. The molecule has 1 fully saturated rings. The first-order valence-electron chi connectivity index (χ1n) is 5.75. The van der Waals surface area contributed by atoms with E-state index in [1.54, 1.807) is 18.2 Å². The number of benzene rings is 1. The highest BCUT2D eigenvalue weighted by Crippen LogP contribution is 2.50. The van der Waals surface area contributed by atoms with Gasteiger partial charge in [-0.25, -0.2) is 0 Å². The van der Waals surface area contributed by atoms with Crippen molar-refractivity contribution in [1.29, 1.82) is 0 Å². The van der Waals surface area contributed by atoms with Crippen molar-refractivity contribution in [1.82, 2.24) is 0 Å². The van der Waals surface area contributed by atoms with Crippen LogP contribution in [-0.4, -0.2) is 23.3 Å². The molecular weight excluding hydrogens is 256 g/mol. The zero-order valence-electron chi connectivity index (χ0n) is 10.0. The predicted molar refractivity (Wildman–Crippen MR) is 66.9 cm³/mol. The van der Waals surface area contributed by atoms with Crippen LogP contribution in [-0.2, 0) is 10.4 Å². The van der Waals surface area contributed by atoms with Crippen LogP contribution >= 0.6 is 11.6 Å². The number of hydrogen-bond donors (Lipinski definition) is 2. The van der Waals surface area contributed by atoms with Crippen molar-refractivity contribution in [3.8, 4) is 5.75 Å². The molecule has 0 radical (unpaired) electrons. The van der Waals surface area contributed by atoms with Crippen molar-refractivity contribution < 1.29 is 19.7 Å². The van der Waals surface area contributed by atoms with Gasteiger partial charge in [-0.2, -0.15) is 0 Å². The predicted octanol–water partition coefficient (Wildman–Crippen LogP) is 2.42. The molecule has 1 saturated carbocycles. The minimum Gasteiger partial charge on any atom is -0.496 e. The van der Waals surface area contributed by atoms with Crippen LogP contribution in [0.3, 0.4) is 0 Å². The molecule has 1 atom stereocenters. The minimum absolute atomic E-state index is 0.0408. The summed E-state index contributed by atoms with van der Waals surface area (Å²) >= 11 is 5.93. The number of carbonyl (C=O) groups is 1. The summed E-state index contributed by atoms with van der Waals surface area (Å²) < 4.78 is 5.19. The van der Waals surface area contributed by atoms with E-state index < -0.39 is 11.6 Å². The Labute approximate surface area is 110 Å². The van der Waals surface area contributed by atoms with E-state index in [1.165, 1.54) is 7.11 Å². The Bertz CT molecular complexity index is 470. The van der Waals surface area contributed by atoms with E-state index >= 15 is 0 Å². The van der Waals surface area contributed by atoms with Crippen LogP contribution in [0.25, 0.3) is 0 Å². The maximum atomic E-state index is 11.0. The van der Waals surface area contributed by atoms with E-state index in [-0.39, 0.29) is 12.3 Å². The third kappa shape index (κ3) is 2.44. The fourth-order valence-electron chi connectivity index (χ4n) is 2.27. The lowest BCUT2D eigenvalue weighted by molar-refractivity contribution is -0.144. The second kappa shape index (κ2) is 4.78. The summed E-state index contributed by atoms with van der Waals surface area (Å²) in [4.78, 5) is 11.0. The molecular formula is C13H15ClO4. The van der Waals surface area contributed by atoms with E-state index in [0.29, 0.717) is 16.3 Å². The Balaban J connectivity index is 2.47. The van der Waals surface area contributed by atoms with Gasteiger partial charge < -0.3 is 14.9 Å². The first-order chi connectivity index (χ1) is 8.47. The highest BCUT2D eigenvalue weighted by Gasteiger charge is 2.48. The van der Waals surface area contributed by atoms with Gasteiger partial charge >= 0.3 is 5.97 Å². The van der Waals surface area contributed by atoms with Crippen LogP contribution in [0.5, 0.6) is 5.75 Å². The monoisotopic (exact) mass is 270 g/mol. The minimum atomic E-state index is -1.40. The van der Waals surface area contributed by atoms with Crippen molar-refractivity contribution in [2.75, 3.05) is 7.11 Å². The average molecular weight is 271 g/mol. The maximum absolute atomic E-state index is 11.0. The fourth-order valence-corrected chi connectivity index (χ4v) is 2.44. The summed E-state index contributed by atoms with van der Waals surface area (Å²) in [6, 6.07) is 4.88. The van der Waals surface area contributed by atoms with Crippen LogP contribution in [0.15, 0.2) is 18.2 Å². The van der Waals surface area contributed by atoms with Gasteiger partial charge in [0.25, 0.3) is 0 Å². The van der Waals surface area contributed by atoms with Crippen molar-refractivity contribution in [3.63, 3.8) is 0 Å². The van der Waals surface area contributed by atoms with Gasteiger partial charge in [-0.3, -0.25) is 4.79 Å². The summed E-state index contributed by atoms with van der Waals surface area (Å²) in [5.74, 6) is -0.609. The van der Waals surface area contributed by atoms with Crippen LogP contribution in [0.4, 0.5) is 0 Å². The second-order valence-electron chi connectivity index (χ2n) is 4.61. The molecule has 0 amide bonds. The molecule has 2 rings (SSSR count). The van der Waals surface area contributed by atoms with Crippen molar-refractivity contribution in [2.45, 2.75) is 24.9 Å². The number of rotatable bonds is 5. The zero-order valence-corrected chi connectivity index (χ0v) is 10.8. The summed E-state index contributed by atoms with van der Waals surface area (Å²) in [5.41, 5.74) is -0.940. The highest BCUT2D eigenvalue weighted by molar-refractivity contribution is 6.30. The lowest BCUT2D eigenvalue weighted by Crippen LogP contribution is -2.32. The molecule has 1 aliphatic rings. The molecule has 4 nitrogen and oxygen atoms in total. The number of halogens is 1. The summed E-state index contributed by atoms with van der Waals surface area (Å²) in [6.45, 7) is 0. The quantitative estimate of drug-likeness (QED) is 0.862. The van der Waals surface area contributed by atoms with Crippen molar-refractivity contribution in [2.24, 2.45) is 5.92 Å². The first kappa shape index (κ1) is 13.2. The van der Waals surface area contributed by atoms with Gasteiger partial charge in [-0.05, 0) is 37.0 Å². The van der Waals surface area contributed by atoms with Gasteiger partial charge in [-0.15, -0.1) is 0 Å².